The Morgan fingerprint density at radius 3 is 1.48 bits per heavy atom. The van der Waals surface area contributed by atoms with Crippen LogP contribution in [-0.2, 0) is 0 Å². The van der Waals surface area contributed by atoms with E-state index >= 15 is 0 Å². The minimum Gasteiger partial charge on any atom is -0.361 e. The second kappa shape index (κ2) is 9.36. The molecule has 2 aliphatic rings. The zero-order valence-corrected chi connectivity index (χ0v) is 19.6. The molecule has 2 saturated heterocycles. The molecule has 33 heavy (non-hydrogen) atoms. The van der Waals surface area contributed by atoms with Crippen LogP contribution >= 0.6 is 0 Å². The molecule has 0 unspecified atom stereocenters. The first kappa shape index (κ1) is 21.0. The van der Waals surface area contributed by atoms with Crippen molar-refractivity contribution >= 4 is 21.8 Å². The van der Waals surface area contributed by atoms with Crippen molar-refractivity contribution in [1.29, 1.82) is 0 Å². The number of aromatic amines is 2. The molecule has 0 spiro atoms. The smallest absolute Gasteiger partial charge is 0.0456 e. The van der Waals surface area contributed by atoms with Crippen LogP contribution in [0.3, 0.4) is 0 Å². The molecule has 4 heteroatoms. The topological polar surface area (TPSA) is 38.1 Å². The van der Waals surface area contributed by atoms with Gasteiger partial charge in [-0.25, -0.2) is 0 Å². The number of piperidine rings is 2. The van der Waals surface area contributed by atoms with Gasteiger partial charge in [-0.1, -0.05) is 36.4 Å². The summed E-state index contributed by atoms with van der Waals surface area (Å²) in [5, 5.41) is 2.85. The second-order valence-electron chi connectivity index (χ2n) is 10.2. The predicted octanol–water partition coefficient (Wildman–Crippen LogP) is 6.10. The van der Waals surface area contributed by atoms with Gasteiger partial charge in [0.15, 0.2) is 0 Å². The molecule has 0 bridgehead atoms. The van der Waals surface area contributed by atoms with Crippen molar-refractivity contribution in [3.63, 3.8) is 0 Å². The molecule has 2 aromatic heterocycles. The van der Waals surface area contributed by atoms with Gasteiger partial charge in [-0.05, 0) is 106 Å². The van der Waals surface area contributed by atoms with Gasteiger partial charge in [0.2, 0.25) is 0 Å². The number of fused-ring (bicyclic) bond motifs is 2. The first-order valence-corrected chi connectivity index (χ1v) is 12.9. The molecule has 2 fully saturated rings. The first-order valence-electron chi connectivity index (χ1n) is 12.9. The molecule has 172 valence electrons. The van der Waals surface area contributed by atoms with E-state index in [1.54, 1.807) is 0 Å². The Kier molecular flexibility index (Phi) is 5.96. The van der Waals surface area contributed by atoms with Crippen molar-refractivity contribution in [2.45, 2.75) is 43.9 Å². The molecule has 2 aromatic carbocycles. The molecule has 4 aromatic rings. The van der Waals surface area contributed by atoms with Crippen LogP contribution in [-0.4, -0.2) is 59.0 Å². The molecular weight excluding hydrogens is 404 g/mol. The fourth-order valence-corrected chi connectivity index (χ4v) is 6.32. The van der Waals surface area contributed by atoms with E-state index in [1.165, 1.54) is 104 Å². The summed E-state index contributed by atoms with van der Waals surface area (Å²) in [7, 11) is 0. The SMILES string of the molecule is c1ccc2c(C3CCN(CCCN4CCC(c5c[nH]c6ccccc56)CC4)CC3)c[nH]c2c1. The van der Waals surface area contributed by atoms with Crippen LogP contribution in [0.4, 0.5) is 0 Å². The average molecular weight is 441 g/mol. The zero-order valence-electron chi connectivity index (χ0n) is 19.6. The van der Waals surface area contributed by atoms with Gasteiger partial charge in [0.25, 0.3) is 0 Å². The fraction of sp³-hybridized carbons (Fsp3) is 0.448. The van der Waals surface area contributed by atoms with E-state index in [1.807, 2.05) is 0 Å². The fourth-order valence-electron chi connectivity index (χ4n) is 6.32. The third-order valence-corrected chi connectivity index (χ3v) is 8.25. The van der Waals surface area contributed by atoms with Gasteiger partial charge in [0.1, 0.15) is 0 Å². The van der Waals surface area contributed by atoms with Crippen LogP contribution in [0.5, 0.6) is 0 Å². The maximum atomic E-state index is 3.47. The monoisotopic (exact) mass is 440 g/mol. The summed E-state index contributed by atoms with van der Waals surface area (Å²) < 4.78 is 0. The van der Waals surface area contributed by atoms with Crippen LogP contribution in [0, 0.1) is 0 Å². The van der Waals surface area contributed by atoms with Crippen LogP contribution < -0.4 is 0 Å². The van der Waals surface area contributed by atoms with Crippen molar-refractivity contribution in [2.24, 2.45) is 0 Å². The number of likely N-dealkylation sites (tertiary alicyclic amines) is 2. The molecule has 0 atom stereocenters. The van der Waals surface area contributed by atoms with Gasteiger partial charge in [-0.15, -0.1) is 0 Å². The lowest BCUT2D eigenvalue weighted by Gasteiger charge is -2.34. The van der Waals surface area contributed by atoms with Gasteiger partial charge in [-0.2, -0.15) is 0 Å². The lowest BCUT2D eigenvalue weighted by molar-refractivity contribution is 0.175. The van der Waals surface area contributed by atoms with E-state index in [2.05, 4.69) is 80.7 Å². The number of hydrogen-bond donors (Lipinski definition) is 2. The standard InChI is InChI=1S/C29H36N4/c1-3-8-28-24(6-1)26(20-30-28)22-10-16-32(17-11-22)14-5-15-33-18-12-23(13-19-33)27-21-31-29-9-4-2-7-25(27)29/h1-4,6-9,20-23,30-31H,5,10-19H2. The van der Waals surface area contributed by atoms with E-state index in [0.29, 0.717) is 11.8 Å². The highest BCUT2D eigenvalue weighted by atomic mass is 15.2. The molecule has 0 aliphatic carbocycles. The third kappa shape index (κ3) is 4.34. The summed E-state index contributed by atoms with van der Waals surface area (Å²) >= 11 is 0. The molecule has 0 saturated carbocycles. The Bertz CT molecular complexity index is 1090. The van der Waals surface area contributed by atoms with Gasteiger partial charge < -0.3 is 19.8 Å². The van der Waals surface area contributed by atoms with Gasteiger partial charge >= 0.3 is 0 Å². The summed E-state index contributed by atoms with van der Waals surface area (Å²) in [5.41, 5.74) is 5.62. The van der Waals surface area contributed by atoms with E-state index in [-0.39, 0.29) is 0 Å². The van der Waals surface area contributed by atoms with Crippen molar-refractivity contribution in [1.82, 2.24) is 19.8 Å². The Morgan fingerprint density at radius 1 is 0.606 bits per heavy atom. The van der Waals surface area contributed by atoms with Crippen molar-refractivity contribution < 1.29 is 0 Å². The first-order chi connectivity index (χ1) is 16.3. The minimum absolute atomic E-state index is 0.709. The number of benzene rings is 2. The quantitative estimate of drug-likeness (QED) is 0.380. The van der Waals surface area contributed by atoms with Gasteiger partial charge in [-0.3, -0.25) is 0 Å². The third-order valence-electron chi connectivity index (χ3n) is 8.25. The number of nitrogens with zero attached hydrogens (tertiary/aromatic N) is 2. The molecule has 4 heterocycles. The maximum absolute atomic E-state index is 3.47. The Balaban J connectivity index is 0.942. The highest BCUT2D eigenvalue weighted by Gasteiger charge is 2.24. The zero-order chi connectivity index (χ0) is 22.0. The summed E-state index contributed by atoms with van der Waals surface area (Å²) in [6.07, 6.45) is 11.0. The second-order valence-corrected chi connectivity index (χ2v) is 10.2. The minimum atomic E-state index is 0.709. The highest BCUT2D eigenvalue weighted by molar-refractivity contribution is 5.84. The molecule has 4 nitrogen and oxygen atoms in total. The van der Waals surface area contributed by atoms with Crippen molar-refractivity contribution in [3.8, 4) is 0 Å². The number of nitrogens with one attached hydrogen (secondary N) is 2. The Morgan fingerprint density at radius 2 is 1.03 bits per heavy atom. The van der Waals surface area contributed by atoms with Gasteiger partial charge in [0.05, 0.1) is 0 Å². The summed E-state index contributed by atoms with van der Waals surface area (Å²) in [6, 6.07) is 17.5. The Labute approximate surface area is 197 Å². The van der Waals surface area contributed by atoms with E-state index in [9.17, 15) is 0 Å². The van der Waals surface area contributed by atoms with Crippen molar-refractivity contribution in [2.75, 3.05) is 39.3 Å². The van der Waals surface area contributed by atoms with Crippen LogP contribution in [0.2, 0.25) is 0 Å². The lowest BCUT2D eigenvalue weighted by Crippen LogP contribution is -2.37. The van der Waals surface area contributed by atoms with Crippen LogP contribution in [0.15, 0.2) is 60.9 Å². The van der Waals surface area contributed by atoms with Crippen LogP contribution in [0.25, 0.3) is 21.8 Å². The van der Waals surface area contributed by atoms with E-state index in [4.69, 9.17) is 0 Å². The largest absolute Gasteiger partial charge is 0.361 e. The molecular formula is C29H36N4. The lowest BCUT2D eigenvalue weighted by atomic mass is 9.89. The maximum Gasteiger partial charge on any atom is 0.0456 e. The number of para-hydroxylation sites is 2. The van der Waals surface area contributed by atoms with Crippen molar-refractivity contribution in [3.05, 3.63) is 72.1 Å². The number of rotatable bonds is 6. The molecule has 0 amide bonds. The summed E-state index contributed by atoms with van der Waals surface area (Å²) in [5.74, 6) is 1.42. The molecule has 2 aliphatic heterocycles. The summed E-state index contributed by atoms with van der Waals surface area (Å²) in [6.45, 7) is 7.48. The number of aromatic nitrogens is 2. The molecule has 2 N–H and O–H groups in total. The number of hydrogen-bond acceptors (Lipinski definition) is 2. The van der Waals surface area contributed by atoms with Gasteiger partial charge in [0, 0.05) is 34.2 Å². The summed E-state index contributed by atoms with van der Waals surface area (Å²) in [4.78, 5) is 12.3. The normalized spacial score (nSPS) is 19.6. The number of H-pyrrole nitrogens is 2. The predicted molar refractivity (Wildman–Crippen MR) is 138 cm³/mol. The average Bonchev–Trinajstić information content (AvgIpc) is 3.50. The molecule has 6 rings (SSSR count). The molecule has 0 radical (unpaired) electrons. The van der Waals surface area contributed by atoms with Crippen LogP contribution in [0.1, 0.15) is 55.1 Å². The Hall–Kier alpha value is -2.56. The highest BCUT2D eigenvalue weighted by Crippen LogP contribution is 2.34. The van der Waals surface area contributed by atoms with E-state index < -0.39 is 0 Å². The van der Waals surface area contributed by atoms with E-state index in [0.717, 1.165) is 0 Å².